The lowest BCUT2D eigenvalue weighted by Gasteiger charge is -2.20. The number of hydrogen-bond acceptors (Lipinski definition) is 3. The Morgan fingerprint density at radius 1 is 1.56 bits per heavy atom. The summed E-state index contributed by atoms with van der Waals surface area (Å²) in [5, 5.41) is 7.16. The van der Waals surface area contributed by atoms with Crippen LogP contribution in [0.4, 0.5) is 0 Å². The fraction of sp³-hybridized carbons (Fsp3) is 0.455. The highest BCUT2D eigenvalue weighted by atomic mass is 16.5. The molecule has 5 heteroatoms. The van der Waals surface area contributed by atoms with Crippen LogP contribution in [0.1, 0.15) is 24.6 Å². The summed E-state index contributed by atoms with van der Waals surface area (Å²) in [5.41, 5.74) is 0.739. The molecule has 2 aromatic heterocycles. The summed E-state index contributed by atoms with van der Waals surface area (Å²) in [4.78, 5) is 11.2. The molecule has 1 aliphatic heterocycles. The van der Waals surface area contributed by atoms with Crippen molar-refractivity contribution in [2.75, 3.05) is 13.2 Å². The van der Waals surface area contributed by atoms with Gasteiger partial charge in [-0.1, -0.05) is 0 Å². The van der Waals surface area contributed by atoms with E-state index in [9.17, 15) is 4.79 Å². The molecular weight excluding hydrogens is 206 g/mol. The van der Waals surface area contributed by atoms with Crippen LogP contribution < -0.4 is 5.43 Å². The van der Waals surface area contributed by atoms with Crippen LogP contribution in [0.3, 0.4) is 0 Å². The number of pyridine rings is 1. The maximum Gasteiger partial charge on any atom is 0.183 e. The first-order valence-corrected chi connectivity index (χ1v) is 5.49. The number of nitrogens with zero attached hydrogens (tertiary/aromatic N) is 2. The average Bonchev–Trinajstić information content (AvgIpc) is 2.73. The summed E-state index contributed by atoms with van der Waals surface area (Å²) < 4.78 is 7.38. The lowest BCUT2D eigenvalue weighted by Crippen LogP contribution is -2.18. The zero-order chi connectivity index (χ0) is 11.0. The number of nitrogens with one attached hydrogen (secondary N) is 1. The molecule has 0 aliphatic carbocycles. The minimum Gasteiger partial charge on any atom is -0.381 e. The molecule has 5 nitrogen and oxygen atoms in total. The van der Waals surface area contributed by atoms with Gasteiger partial charge in [0.2, 0.25) is 0 Å². The Hall–Kier alpha value is -1.62. The highest BCUT2D eigenvalue weighted by Gasteiger charge is 2.20. The van der Waals surface area contributed by atoms with Crippen molar-refractivity contribution < 1.29 is 4.74 Å². The first-order chi connectivity index (χ1) is 7.84. The van der Waals surface area contributed by atoms with Gasteiger partial charge in [-0.15, -0.1) is 0 Å². The smallest absolute Gasteiger partial charge is 0.183 e. The standard InChI is InChI=1S/C11H13N3O2/c15-9-3-4-14-10(6-9)12-13-11(14)8-2-1-5-16-7-8/h3-4,6,8,12H,1-2,5,7H2. The molecule has 16 heavy (non-hydrogen) atoms. The Balaban J connectivity index is 2.06. The van der Waals surface area contributed by atoms with Gasteiger partial charge in [0.1, 0.15) is 11.5 Å². The Kier molecular flexibility index (Phi) is 2.25. The molecule has 0 amide bonds. The van der Waals surface area contributed by atoms with Gasteiger partial charge in [-0.3, -0.25) is 14.3 Å². The zero-order valence-corrected chi connectivity index (χ0v) is 8.85. The first-order valence-electron chi connectivity index (χ1n) is 5.49. The van der Waals surface area contributed by atoms with Crippen molar-refractivity contribution in [3.8, 4) is 0 Å². The third kappa shape index (κ3) is 1.53. The molecule has 0 saturated carbocycles. The quantitative estimate of drug-likeness (QED) is 0.775. The number of aromatic nitrogens is 3. The molecule has 84 valence electrons. The van der Waals surface area contributed by atoms with E-state index < -0.39 is 0 Å². The molecule has 1 unspecified atom stereocenters. The largest absolute Gasteiger partial charge is 0.381 e. The fourth-order valence-corrected chi connectivity index (χ4v) is 2.17. The van der Waals surface area contributed by atoms with Gasteiger partial charge in [0, 0.05) is 30.9 Å². The van der Waals surface area contributed by atoms with Crippen molar-refractivity contribution in [2.24, 2.45) is 0 Å². The maximum absolute atomic E-state index is 11.2. The molecule has 1 fully saturated rings. The molecule has 0 aromatic carbocycles. The second kappa shape index (κ2) is 3.75. The predicted molar refractivity (Wildman–Crippen MR) is 58.6 cm³/mol. The summed E-state index contributed by atoms with van der Waals surface area (Å²) in [6.07, 6.45) is 3.93. The van der Waals surface area contributed by atoms with E-state index in [1.54, 1.807) is 18.3 Å². The molecular formula is C11H13N3O2. The molecule has 1 saturated heterocycles. The van der Waals surface area contributed by atoms with Crippen LogP contribution in [0.25, 0.3) is 5.65 Å². The summed E-state index contributed by atoms with van der Waals surface area (Å²) in [5.74, 6) is 1.28. The Morgan fingerprint density at radius 2 is 2.50 bits per heavy atom. The van der Waals surface area contributed by atoms with Gasteiger partial charge in [0.15, 0.2) is 5.43 Å². The van der Waals surface area contributed by atoms with E-state index in [1.807, 2.05) is 4.40 Å². The number of ether oxygens (including phenoxy) is 1. The van der Waals surface area contributed by atoms with Gasteiger partial charge < -0.3 is 4.74 Å². The minimum absolute atomic E-state index is 0.00454. The Bertz CT molecular complexity index is 552. The van der Waals surface area contributed by atoms with E-state index >= 15 is 0 Å². The highest BCUT2D eigenvalue weighted by molar-refractivity contribution is 5.37. The third-order valence-corrected chi connectivity index (χ3v) is 2.98. The van der Waals surface area contributed by atoms with E-state index in [2.05, 4.69) is 10.2 Å². The Morgan fingerprint density at radius 3 is 3.31 bits per heavy atom. The van der Waals surface area contributed by atoms with Gasteiger partial charge >= 0.3 is 0 Å². The molecule has 1 N–H and O–H groups in total. The van der Waals surface area contributed by atoms with Crippen molar-refractivity contribution in [3.63, 3.8) is 0 Å². The van der Waals surface area contributed by atoms with Crippen LogP contribution in [0.5, 0.6) is 0 Å². The van der Waals surface area contributed by atoms with E-state index in [0.29, 0.717) is 12.5 Å². The van der Waals surface area contributed by atoms with E-state index in [4.69, 9.17) is 4.74 Å². The second-order valence-electron chi connectivity index (χ2n) is 4.11. The minimum atomic E-state index is -0.00454. The van der Waals surface area contributed by atoms with Gasteiger partial charge in [0.25, 0.3) is 0 Å². The average molecular weight is 219 g/mol. The summed E-state index contributed by atoms with van der Waals surface area (Å²) in [6.45, 7) is 1.56. The van der Waals surface area contributed by atoms with Gasteiger partial charge in [-0.25, -0.2) is 0 Å². The molecule has 1 atom stereocenters. The van der Waals surface area contributed by atoms with Crippen molar-refractivity contribution in [1.82, 2.24) is 14.6 Å². The number of H-pyrrole nitrogens is 1. The molecule has 3 rings (SSSR count). The summed E-state index contributed by atoms with van der Waals surface area (Å²) in [6, 6.07) is 3.11. The summed E-state index contributed by atoms with van der Waals surface area (Å²) in [7, 11) is 0. The molecule has 1 aliphatic rings. The predicted octanol–water partition coefficient (Wildman–Crippen LogP) is 0.917. The fourth-order valence-electron chi connectivity index (χ4n) is 2.17. The van der Waals surface area contributed by atoms with E-state index in [1.165, 1.54) is 0 Å². The summed E-state index contributed by atoms with van der Waals surface area (Å²) >= 11 is 0. The first kappa shape index (κ1) is 9.59. The molecule has 0 bridgehead atoms. The lowest BCUT2D eigenvalue weighted by atomic mass is 10.0. The molecule has 0 radical (unpaired) electrons. The lowest BCUT2D eigenvalue weighted by molar-refractivity contribution is 0.0778. The highest BCUT2D eigenvalue weighted by Crippen LogP contribution is 2.23. The van der Waals surface area contributed by atoms with Crippen molar-refractivity contribution in [2.45, 2.75) is 18.8 Å². The van der Waals surface area contributed by atoms with Gasteiger partial charge in [-0.05, 0) is 12.8 Å². The van der Waals surface area contributed by atoms with Crippen LogP contribution in [-0.4, -0.2) is 27.8 Å². The van der Waals surface area contributed by atoms with Crippen LogP contribution in [0.2, 0.25) is 0 Å². The van der Waals surface area contributed by atoms with Gasteiger partial charge in [-0.2, -0.15) is 5.10 Å². The van der Waals surface area contributed by atoms with Crippen LogP contribution in [-0.2, 0) is 4.74 Å². The van der Waals surface area contributed by atoms with Crippen molar-refractivity contribution in [3.05, 3.63) is 34.4 Å². The molecule has 0 spiro atoms. The normalized spacial score (nSPS) is 21.4. The number of fused-ring (bicyclic) bond motifs is 1. The monoisotopic (exact) mass is 219 g/mol. The van der Waals surface area contributed by atoms with Crippen molar-refractivity contribution in [1.29, 1.82) is 0 Å². The number of hydrogen-bond donors (Lipinski definition) is 1. The van der Waals surface area contributed by atoms with E-state index in [-0.39, 0.29) is 5.43 Å². The maximum atomic E-state index is 11.2. The van der Waals surface area contributed by atoms with Gasteiger partial charge in [0.05, 0.1) is 6.61 Å². The van der Waals surface area contributed by atoms with Crippen LogP contribution in [0.15, 0.2) is 23.1 Å². The third-order valence-electron chi connectivity index (χ3n) is 2.98. The molecule has 3 heterocycles. The van der Waals surface area contributed by atoms with Crippen LogP contribution >= 0.6 is 0 Å². The second-order valence-corrected chi connectivity index (χ2v) is 4.11. The topological polar surface area (TPSA) is 59.4 Å². The Labute approximate surface area is 92.1 Å². The molecule has 2 aromatic rings. The SMILES string of the molecule is O=c1ccn2c(C3CCCOC3)n[nH]c2c1. The van der Waals surface area contributed by atoms with E-state index in [0.717, 1.165) is 30.9 Å². The zero-order valence-electron chi connectivity index (χ0n) is 8.85. The van der Waals surface area contributed by atoms with Crippen LogP contribution in [0, 0.1) is 0 Å². The number of aromatic amines is 1. The number of rotatable bonds is 1. The van der Waals surface area contributed by atoms with Crippen molar-refractivity contribution >= 4 is 5.65 Å².